The van der Waals surface area contributed by atoms with Crippen molar-refractivity contribution in [3.8, 4) is 16.9 Å². The number of unbranched alkanes of at least 4 members (excludes halogenated alkanes) is 8. The summed E-state index contributed by atoms with van der Waals surface area (Å²) in [5, 5.41) is 11.6. The van der Waals surface area contributed by atoms with Crippen LogP contribution in [0.5, 0.6) is 0 Å². The van der Waals surface area contributed by atoms with Crippen LogP contribution in [0.2, 0.25) is 0 Å². The van der Waals surface area contributed by atoms with Gasteiger partial charge in [-0.25, -0.2) is 10.1 Å². The van der Waals surface area contributed by atoms with Crippen LogP contribution in [0.15, 0.2) is 65.9 Å². The van der Waals surface area contributed by atoms with Crippen molar-refractivity contribution in [1.29, 1.82) is 0 Å². The van der Waals surface area contributed by atoms with Crippen LogP contribution in [0.4, 0.5) is 0 Å². The van der Waals surface area contributed by atoms with E-state index in [2.05, 4.69) is 22.8 Å². The number of aromatic nitrogens is 2. The number of para-hydroxylation sites is 1. The highest BCUT2D eigenvalue weighted by molar-refractivity contribution is 5.90. The van der Waals surface area contributed by atoms with Crippen LogP contribution in [-0.4, -0.2) is 34.4 Å². The van der Waals surface area contributed by atoms with Crippen LogP contribution in [0.1, 0.15) is 82.3 Å². The van der Waals surface area contributed by atoms with Gasteiger partial charge in [-0.2, -0.15) is 10.2 Å². The molecule has 0 radical (unpaired) electrons. The Morgan fingerprint density at radius 3 is 2.21 bits per heavy atom. The van der Waals surface area contributed by atoms with Gasteiger partial charge in [0, 0.05) is 23.7 Å². The van der Waals surface area contributed by atoms with Crippen LogP contribution in [0.3, 0.4) is 0 Å². The van der Waals surface area contributed by atoms with Gasteiger partial charge in [0.15, 0.2) is 0 Å². The summed E-state index contributed by atoms with van der Waals surface area (Å²) in [6, 6.07) is 18.0. The minimum Gasteiger partial charge on any atom is -0.347 e. The fourth-order valence-electron chi connectivity index (χ4n) is 4.21. The van der Waals surface area contributed by atoms with E-state index in [1.165, 1.54) is 50.5 Å². The summed E-state index contributed by atoms with van der Waals surface area (Å²) in [4.78, 5) is 24.3. The predicted molar refractivity (Wildman–Crippen MR) is 154 cm³/mol. The highest BCUT2D eigenvalue weighted by Gasteiger charge is 2.11. The van der Waals surface area contributed by atoms with Gasteiger partial charge < -0.3 is 5.32 Å². The van der Waals surface area contributed by atoms with Gasteiger partial charge in [-0.05, 0) is 25.5 Å². The molecule has 2 aromatic carbocycles. The van der Waals surface area contributed by atoms with E-state index in [4.69, 9.17) is 5.10 Å². The van der Waals surface area contributed by atoms with Gasteiger partial charge in [0.25, 0.3) is 5.91 Å². The number of hydrogen-bond acceptors (Lipinski definition) is 4. The number of aryl methyl sites for hydroxylation is 1. The lowest BCUT2D eigenvalue weighted by Gasteiger charge is -2.05. The molecule has 38 heavy (non-hydrogen) atoms. The van der Waals surface area contributed by atoms with Crippen LogP contribution in [-0.2, 0) is 9.59 Å². The molecule has 0 saturated carbocycles. The van der Waals surface area contributed by atoms with Crippen molar-refractivity contribution in [1.82, 2.24) is 20.5 Å². The van der Waals surface area contributed by atoms with Crippen LogP contribution < -0.4 is 10.7 Å². The average Bonchev–Trinajstić information content (AvgIpc) is 3.36. The Balaban J connectivity index is 1.44. The van der Waals surface area contributed by atoms with E-state index in [1.54, 1.807) is 10.9 Å². The van der Waals surface area contributed by atoms with Gasteiger partial charge in [-0.3, -0.25) is 9.59 Å². The van der Waals surface area contributed by atoms with E-state index in [0.717, 1.165) is 35.3 Å². The number of carbonyl (C=O) groups is 2. The number of rotatable bonds is 16. The molecule has 2 amide bonds. The minimum atomic E-state index is -0.367. The van der Waals surface area contributed by atoms with E-state index in [1.807, 2.05) is 67.7 Å². The number of benzene rings is 2. The number of hydrogen-bond donors (Lipinski definition) is 2. The largest absolute Gasteiger partial charge is 0.347 e. The Morgan fingerprint density at radius 2 is 1.53 bits per heavy atom. The van der Waals surface area contributed by atoms with Gasteiger partial charge in [0.05, 0.1) is 18.4 Å². The van der Waals surface area contributed by atoms with Crippen molar-refractivity contribution in [2.45, 2.75) is 78.1 Å². The zero-order chi connectivity index (χ0) is 27.0. The van der Waals surface area contributed by atoms with Crippen LogP contribution >= 0.6 is 0 Å². The maximum atomic E-state index is 12.2. The number of amides is 2. The topological polar surface area (TPSA) is 88.4 Å². The van der Waals surface area contributed by atoms with E-state index in [0.29, 0.717) is 6.42 Å². The lowest BCUT2D eigenvalue weighted by Crippen LogP contribution is -2.34. The van der Waals surface area contributed by atoms with Gasteiger partial charge in [-0.15, -0.1) is 0 Å². The molecule has 3 aromatic rings. The Bertz CT molecular complexity index is 1150. The second kappa shape index (κ2) is 16.2. The Kier molecular flexibility index (Phi) is 12.3. The zero-order valence-corrected chi connectivity index (χ0v) is 22.8. The number of nitrogens with one attached hydrogen (secondary N) is 2. The first kappa shape index (κ1) is 28.8. The smallest absolute Gasteiger partial charge is 0.259 e. The van der Waals surface area contributed by atoms with Gasteiger partial charge in [0.2, 0.25) is 5.91 Å². The van der Waals surface area contributed by atoms with Crippen LogP contribution in [0.25, 0.3) is 16.9 Å². The number of carbonyl (C=O) groups excluding carboxylic acids is 2. The molecule has 0 unspecified atom stereocenters. The molecule has 0 saturated heterocycles. The maximum absolute atomic E-state index is 12.2. The second-order valence-corrected chi connectivity index (χ2v) is 9.73. The normalized spacial score (nSPS) is 11.1. The second-order valence-electron chi connectivity index (χ2n) is 9.73. The van der Waals surface area contributed by atoms with E-state index in [-0.39, 0.29) is 18.4 Å². The summed E-state index contributed by atoms with van der Waals surface area (Å²) < 4.78 is 1.80. The molecule has 3 rings (SSSR count). The first-order valence-electron chi connectivity index (χ1n) is 13.9. The molecule has 0 bridgehead atoms. The zero-order valence-electron chi connectivity index (χ0n) is 22.8. The van der Waals surface area contributed by atoms with Gasteiger partial charge >= 0.3 is 0 Å². The predicted octanol–water partition coefficient (Wildman–Crippen LogP) is 6.33. The molecular weight excluding hydrogens is 474 g/mol. The fraction of sp³-hybridized carbons (Fsp3) is 0.419. The Hall–Kier alpha value is -3.74. The molecule has 0 spiro atoms. The summed E-state index contributed by atoms with van der Waals surface area (Å²) in [6.07, 6.45) is 14.8. The number of hydrazone groups is 1. The lowest BCUT2D eigenvalue weighted by molar-refractivity contribution is -0.126. The lowest BCUT2D eigenvalue weighted by atomic mass is 10.1. The molecule has 0 aliphatic carbocycles. The summed E-state index contributed by atoms with van der Waals surface area (Å²) >= 11 is 0. The number of nitrogens with zero attached hydrogens (tertiary/aromatic N) is 3. The van der Waals surface area contributed by atoms with E-state index < -0.39 is 0 Å². The molecule has 1 aromatic heterocycles. The van der Waals surface area contributed by atoms with Crippen molar-refractivity contribution in [3.63, 3.8) is 0 Å². The molecule has 202 valence electrons. The maximum Gasteiger partial charge on any atom is 0.259 e. The third kappa shape index (κ3) is 9.96. The minimum absolute atomic E-state index is 0.0955. The quantitative estimate of drug-likeness (QED) is 0.133. The molecule has 0 atom stereocenters. The van der Waals surface area contributed by atoms with Gasteiger partial charge in [0.1, 0.15) is 5.69 Å². The molecule has 0 aliphatic heterocycles. The summed E-state index contributed by atoms with van der Waals surface area (Å²) in [5.74, 6) is -0.466. The molecular formula is C31H41N5O2. The first-order valence-corrected chi connectivity index (χ1v) is 13.9. The molecule has 1 heterocycles. The SMILES string of the molecule is CCCCCCCCCCCC(=O)NCC(=O)N/N=C/c1cn(-c2ccccc2)nc1-c1ccc(C)cc1. The van der Waals surface area contributed by atoms with Crippen molar-refractivity contribution in [2.24, 2.45) is 5.10 Å². The Labute approximate surface area is 226 Å². The third-order valence-corrected chi connectivity index (χ3v) is 6.43. The summed E-state index contributed by atoms with van der Waals surface area (Å²) in [5.41, 5.74) is 7.10. The fourth-order valence-corrected chi connectivity index (χ4v) is 4.21. The van der Waals surface area contributed by atoms with Crippen LogP contribution in [0, 0.1) is 6.92 Å². The van der Waals surface area contributed by atoms with Crippen molar-refractivity contribution in [2.75, 3.05) is 6.54 Å². The third-order valence-electron chi connectivity index (χ3n) is 6.43. The highest BCUT2D eigenvalue weighted by atomic mass is 16.2. The first-order chi connectivity index (χ1) is 18.6. The summed E-state index contributed by atoms with van der Waals surface area (Å²) in [7, 11) is 0. The van der Waals surface area contributed by atoms with E-state index >= 15 is 0 Å². The average molecular weight is 516 g/mol. The van der Waals surface area contributed by atoms with Crippen molar-refractivity contribution >= 4 is 18.0 Å². The highest BCUT2D eigenvalue weighted by Crippen LogP contribution is 2.23. The van der Waals surface area contributed by atoms with Gasteiger partial charge in [-0.1, -0.05) is 106 Å². The monoisotopic (exact) mass is 515 g/mol. The standard InChI is InChI=1S/C31H41N5O2/c1-3-4-5-6-7-8-9-10-14-17-29(37)32-23-30(38)34-33-22-27-24-36(28-15-12-11-13-16-28)35-31(27)26-20-18-25(2)19-21-26/h11-13,15-16,18-22,24H,3-10,14,17,23H2,1-2H3,(H,32,37)(H,34,38)/b33-22+. The Morgan fingerprint density at radius 1 is 0.868 bits per heavy atom. The molecule has 7 nitrogen and oxygen atoms in total. The molecule has 0 fully saturated rings. The molecule has 7 heteroatoms. The van der Waals surface area contributed by atoms with Crippen molar-refractivity contribution < 1.29 is 9.59 Å². The van der Waals surface area contributed by atoms with Crippen molar-refractivity contribution in [3.05, 3.63) is 71.9 Å². The van der Waals surface area contributed by atoms with E-state index in [9.17, 15) is 9.59 Å². The molecule has 2 N–H and O–H groups in total. The molecule has 0 aliphatic rings. The summed E-state index contributed by atoms with van der Waals surface area (Å²) in [6.45, 7) is 4.18.